The summed E-state index contributed by atoms with van der Waals surface area (Å²) in [5.74, 6) is -3.48. The summed E-state index contributed by atoms with van der Waals surface area (Å²) in [5, 5.41) is 9.75. The van der Waals surface area contributed by atoms with Crippen molar-refractivity contribution >= 4 is 37.9 Å². The first kappa shape index (κ1) is 34.3. The molecule has 0 atom stereocenters. The van der Waals surface area contributed by atoms with Gasteiger partial charge in [0.15, 0.2) is 5.96 Å². The molecule has 0 heterocycles. The van der Waals surface area contributed by atoms with Crippen molar-refractivity contribution in [2.75, 3.05) is 7.11 Å². The molecule has 8 N–H and O–H groups in total. The monoisotopic (exact) mass is 621 g/mol. The Labute approximate surface area is 223 Å². The van der Waals surface area contributed by atoms with Gasteiger partial charge < -0.3 is 16.2 Å². The van der Waals surface area contributed by atoms with Crippen molar-refractivity contribution in [1.29, 1.82) is 0 Å². The number of benzene rings is 2. The summed E-state index contributed by atoms with van der Waals surface area (Å²) in [6, 6.07) is 2.11. The van der Waals surface area contributed by atoms with Gasteiger partial charge in [-0.25, -0.2) is 31.9 Å². The van der Waals surface area contributed by atoms with Gasteiger partial charge in [-0.15, -0.1) is 0 Å². The van der Waals surface area contributed by atoms with Crippen molar-refractivity contribution in [3.8, 4) is 0 Å². The number of halogens is 6. The van der Waals surface area contributed by atoms with Gasteiger partial charge in [-0.2, -0.15) is 31.3 Å². The Morgan fingerprint density at radius 2 is 1.10 bits per heavy atom. The van der Waals surface area contributed by atoms with E-state index in [4.69, 9.17) is 21.7 Å². The van der Waals surface area contributed by atoms with Crippen LogP contribution in [-0.4, -0.2) is 41.8 Å². The normalized spacial score (nSPS) is 12.2. The first-order valence-electron chi connectivity index (χ1n) is 10.0. The Bertz CT molecular complexity index is 1580. The van der Waals surface area contributed by atoms with E-state index in [9.17, 15) is 52.8 Å². The number of aryl methyl sites for hydroxylation is 2. The molecular weight excluding hydrogens is 600 g/mol. The first-order valence-corrected chi connectivity index (χ1v) is 13.1. The predicted octanol–water partition coefficient (Wildman–Crippen LogP) is 1.52. The summed E-state index contributed by atoms with van der Waals surface area (Å²) in [6.45, 7) is 2.26. The van der Waals surface area contributed by atoms with E-state index in [0.29, 0.717) is 24.3 Å². The van der Waals surface area contributed by atoms with E-state index >= 15 is 0 Å². The molecule has 0 aromatic heterocycles. The predicted molar refractivity (Wildman–Crippen MR) is 127 cm³/mol. The summed E-state index contributed by atoms with van der Waals surface area (Å²) in [4.78, 5) is 24.7. The molecule has 0 fully saturated rings. The van der Waals surface area contributed by atoms with Crippen LogP contribution >= 0.6 is 0 Å². The lowest BCUT2D eigenvalue weighted by molar-refractivity contribution is -0.138. The minimum Gasteiger partial charge on any atom is -0.465 e. The average Bonchev–Trinajstić information content (AvgIpc) is 2.75. The van der Waals surface area contributed by atoms with Gasteiger partial charge in [-0.05, 0) is 49.2 Å². The second-order valence-corrected chi connectivity index (χ2v) is 10.8. The second-order valence-electron chi connectivity index (χ2n) is 7.75. The van der Waals surface area contributed by atoms with Crippen LogP contribution in [0.5, 0.6) is 0 Å². The Kier molecular flexibility index (Phi) is 10.1. The minimum absolute atomic E-state index is 0.206. The number of nitrogens with zero attached hydrogens (tertiary/aromatic N) is 1. The molecule has 0 spiro atoms. The molecule has 1 amide bonds. The van der Waals surface area contributed by atoms with Gasteiger partial charge in [0.2, 0.25) is 20.0 Å². The SMILES string of the molecule is COC(=O)c1cc(S(N)(=O)=O)c(C)cc1C(F)(F)F.Cc1cc(C(F)(F)F)c(C(=O)N=C(N)N)cc1S(N)(=O)=O. The summed E-state index contributed by atoms with van der Waals surface area (Å²) >= 11 is 0. The smallest absolute Gasteiger partial charge is 0.417 e. The highest BCUT2D eigenvalue weighted by molar-refractivity contribution is 7.89. The van der Waals surface area contributed by atoms with Gasteiger partial charge in [-0.3, -0.25) is 4.79 Å². The van der Waals surface area contributed by atoms with Gasteiger partial charge in [0.05, 0.1) is 39.2 Å². The highest BCUT2D eigenvalue weighted by Crippen LogP contribution is 2.36. The van der Waals surface area contributed by atoms with E-state index in [0.717, 1.165) is 21.0 Å². The van der Waals surface area contributed by atoms with Gasteiger partial charge in [-0.1, -0.05) is 0 Å². The maximum atomic E-state index is 12.9. The zero-order chi connectivity index (χ0) is 31.6. The highest BCUT2D eigenvalue weighted by atomic mass is 32.2. The Morgan fingerprint density at radius 3 is 1.40 bits per heavy atom. The van der Waals surface area contributed by atoms with Crippen LogP contribution in [0.25, 0.3) is 0 Å². The molecule has 0 bridgehead atoms. The molecule has 2 aromatic carbocycles. The Balaban J connectivity index is 0.000000402. The van der Waals surface area contributed by atoms with Crippen molar-refractivity contribution in [2.24, 2.45) is 26.7 Å². The Hall–Kier alpha value is -3.75. The molecule has 0 unspecified atom stereocenters. The number of esters is 1. The number of sulfonamides is 2. The number of carbonyl (C=O) groups is 2. The van der Waals surface area contributed by atoms with E-state index in [1.165, 1.54) is 0 Å². The minimum atomic E-state index is -4.90. The van der Waals surface area contributed by atoms with Crippen LogP contribution in [0.1, 0.15) is 43.0 Å². The molecule has 0 aliphatic rings. The molecule has 20 heteroatoms. The Morgan fingerprint density at radius 1 is 0.750 bits per heavy atom. The van der Waals surface area contributed by atoms with Crippen LogP contribution in [0.4, 0.5) is 26.3 Å². The van der Waals surface area contributed by atoms with Crippen LogP contribution in [0.3, 0.4) is 0 Å². The van der Waals surface area contributed by atoms with Gasteiger partial charge >= 0.3 is 18.3 Å². The van der Waals surface area contributed by atoms with E-state index in [1.54, 1.807) is 0 Å². The molecule has 2 aromatic rings. The molecule has 12 nitrogen and oxygen atoms in total. The number of guanidine groups is 1. The zero-order valence-corrected chi connectivity index (χ0v) is 22.1. The van der Waals surface area contributed by atoms with Gasteiger partial charge in [0.25, 0.3) is 5.91 Å². The summed E-state index contributed by atoms with van der Waals surface area (Å²) in [6.07, 6.45) is -9.71. The molecule has 0 radical (unpaired) electrons. The van der Waals surface area contributed by atoms with Crippen LogP contribution < -0.4 is 21.7 Å². The fourth-order valence-corrected chi connectivity index (χ4v) is 4.67. The van der Waals surface area contributed by atoms with E-state index in [1.807, 2.05) is 0 Å². The molecule has 0 saturated carbocycles. The highest BCUT2D eigenvalue weighted by Gasteiger charge is 2.38. The van der Waals surface area contributed by atoms with Crippen molar-refractivity contribution in [3.05, 3.63) is 57.6 Å². The fourth-order valence-electron chi connectivity index (χ4n) is 3.09. The number of hydrogen-bond acceptors (Lipinski definition) is 7. The number of hydrogen-bond donors (Lipinski definition) is 4. The molecule has 40 heavy (non-hydrogen) atoms. The van der Waals surface area contributed by atoms with Crippen molar-refractivity contribution in [2.45, 2.75) is 36.0 Å². The summed E-state index contributed by atoms with van der Waals surface area (Å²) in [5.41, 5.74) is 4.85. The van der Waals surface area contributed by atoms with Crippen molar-refractivity contribution in [1.82, 2.24) is 0 Å². The average molecular weight is 622 g/mol. The molecule has 0 aliphatic heterocycles. The van der Waals surface area contributed by atoms with E-state index < -0.39 is 82.3 Å². The number of aliphatic imine (C=N–C) groups is 1. The number of primary sulfonamides is 2. The number of alkyl halides is 6. The van der Waals surface area contributed by atoms with Crippen LogP contribution in [0.2, 0.25) is 0 Å². The fraction of sp³-hybridized carbons (Fsp3) is 0.250. The van der Waals surface area contributed by atoms with Crippen LogP contribution in [0.15, 0.2) is 39.0 Å². The third kappa shape index (κ3) is 8.63. The van der Waals surface area contributed by atoms with E-state index in [2.05, 4.69) is 9.73 Å². The molecule has 222 valence electrons. The maximum absolute atomic E-state index is 12.9. The van der Waals surface area contributed by atoms with Crippen LogP contribution in [0, 0.1) is 13.8 Å². The van der Waals surface area contributed by atoms with Crippen molar-refractivity contribution in [3.63, 3.8) is 0 Å². The third-order valence-corrected chi connectivity index (χ3v) is 6.83. The largest absolute Gasteiger partial charge is 0.465 e. The summed E-state index contributed by atoms with van der Waals surface area (Å²) in [7, 11) is -7.66. The lowest BCUT2D eigenvalue weighted by Gasteiger charge is -2.14. The number of rotatable bonds is 4. The number of ether oxygens (including phenoxy) is 1. The molecular formula is C20H21F6N5O7S2. The van der Waals surface area contributed by atoms with Gasteiger partial charge in [0, 0.05) is 0 Å². The third-order valence-electron chi connectivity index (χ3n) is 4.72. The zero-order valence-electron chi connectivity index (χ0n) is 20.5. The lowest BCUT2D eigenvalue weighted by Crippen LogP contribution is -2.25. The standard InChI is InChI=1S/C10H11F3N4O3S.C10H10F3NO4S/c1-4-2-6(10(11,12)13)5(8(18)17-9(14)15)3-7(4)21(16,19)20;1-5-3-7(10(11,12)13)6(9(15)18-2)4-8(5)19(14,16)17/h2-3H,1H3,(H2,16,19,20)(H4,14,15,17,18);3-4H,1-2H3,(H2,14,16,17). The van der Waals surface area contributed by atoms with E-state index in [-0.39, 0.29) is 11.1 Å². The number of carbonyl (C=O) groups excluding carboxylic acids is 2. The number of nitrogens with two attached hydrogens (primary N) is 4. The topological polar surface area (TPSA) is 228 Å². The molecule has 2 rings (SSSR count). The first-order chi connectivity index (χ1) is 17.8. The maximum Gasteiger partial charge on any atom is 0.417 e. The lowest BCUT2D eigenvalue weighted by atomic mass is 10.0. The molecule has 0 aliphatic carbocycles. The summed E-state index contributed by atoms with van der Waals surface area (Å²) < 4.78 is 126. The van der Waals surface area contributed by atoms with Crippen molar-refractivity contribution < 1.29 is 57.5 Å². The molecule has 0 saturated heterocycles. The number of amides is 1. The quantitative estimate of drug-likeness (QED) is 0.168. The van der Waals surface area contributed by atoms with Gasteiger partial charge in [0.1, 0.15) is 0 Å². The van der Waals surface area contributed by atoms with Crippen LogP contribution in [-0.2, 0) is 37.1 Å². The number of methoxy groups -OCH3 is 1. The second kappa shape index (κ2) is 11.8.